The maximum Gasteiger partial charge on any atom is 0.339 e. The van der Waals surface area contributed by atoms with Crippen LogP contribution in [0.1, 0.15) is 23.2 Å². The van der Waals surface area contributed by atoms with Crippen molar-refractivity contribution in [2.45, 2.75) is 17.7 Å². The van der Waals surface area contributed by atoms with Crippen molar-refractivity contribution in [1.29, 1.82) is 0 Å². The maximum atomic E-state index is 13.6. The molecule has 0 spiro atoms. The van der Waals surface area contributed by atoms with E-state index in [-0.39, 0.29) is 16.4 Å². The van der Waals surface area contributed by atoms with Crippen molar-refractivity contribution in [3.05, 3.63) is 29.6 Å². The summed E-state index contributed by atoms with van der Waals surface area (Å²) in [7, 11) is -0.983. The number of ether oxygens (including phenoxy) is 1. The number of carbonyl (C=O) groups is 1. The highest BCUT2D eigenvalue weighted by Crippen LogP contribution is 2.26. The molecule has 0 bridgehead atoms. The third-order valence-electron chi connectivity index (χ3n) is 3.94. The summed E-state index contributed by atoms with van der Waals surface area (Å²) in [5.41, 5.74) is -0.148. The third kappa shape index (κ3) is 3.88. The van der Waals surface area contributed by atoms with Crippen LogP contribution in [0, 0.1) is 11.7 Å². The van der Waals surface area contributed by atoms with E-state index in [1.807, 2.05) is 7.05 Å². The summed E-state index contributed by atoms with van der Waals surface area (Å²) in [6.45, 7) is 1.42. The Labute approximate surface area is 135 Å². The van der Waals surface area contributed by atoms with E-state index >= 15 is 0 Å². The minimum atomic E-state index is -3.96. The van der Waals surface area contributed by atoms with E-state index in [9.17, 15) is 17.6 Å². The highest BCUT2D eigenvalue weighted by molar-refractivity contribution is 7.89. The van der Waals surface area contributed by atoms with Gasteiger partial charge in [-0.2, -0.15) is 4.31 Å². The topological polar surface area (TPSA) is 75.7 Å². The Balaban J connectivity index is 2.39. The average Bonchev–Trinajstić information content (AvgIpc) is 2.54. The van der Waals surface area contributed by atoms with Gasteiger partial charge in [-0.3, -0.25) is 0 Å². The molecular weight excluding hydrogens is 323 g/mol. The van der Waals surface area contributed by atoms with Crippen LogP contribution in [0.3, 0.4) is 0 Å². The minimum absolute atomic E-state index is 0.148. The number of nitrogens with zero attached hydrogens (tertiary/aromatic N) is 1. The zero-order valence-electron chi connectivity index (χ0n) is 13.2. The van der Waals surface area contributed by atoms with E-state index in [0.29, 0.717) is 19.6 Å². The van der Waals surface area contributed by atoms with Crippen molar-refractivity contribution >= 4 is 16.0 Å². The van der Waals surface area contributed by atoms with E-state index in [4.69, 9.17) is 0 Å². The molecule has 1 aromatic carbocycles. The molecule has 8 heteroatoms. The molecule has 1 aromatic rings. The molecule has 1 saturated heterocycles. The number of methoxy groups -OCH3 is 1. The third-order valence-corrected chi connectivity index (χ3v) is 5.85. The predicted molar refractivity (Wildman–Crippen MR) is 83.1 cm³/mol. The SMILES string of the molecule is CNCC1CCCN(S(=O)(=O)c2cc(F)ccc2C(=O)OC)C1. The van der Waals surface area contributed by atoms with Crippen LogP contribution >= 0.6 is 0 Å². The summed E-state index contributed by atoms with van der Waals surface area (Å²) < 4.78 is 45.2. The second kappa shape index (κ2) is 7.37. The highest BCUT2D eigenvalue weighted by Gasteiger charge is 2.33. The number of hydrogen-bond donors (Lipinski definition) is 1. The molecule has 2 rings (SSSR count). The van der Waals surface area contributed by atoms with Gasteiger partial charge >= 0.3 is 5.97 Å². The van der Waals surface area contributed by atoms with Crippen molar-refractivity contribution in [3.63, 3.8) is 0 Å². The van der Waals surface area contributed by atoms with Gasteiger partial charge in [0.15, 0.2) is 0 Å². The lowest BCUT2D eigenvalue weighted by Crippen LogP contribution is -2.42. The lowest BCUT2D eigenvalue weighted by molar-refractivity contribution is 0.0596. The molecule has 0 aromatic heterocycles. The van der Waals surface area contributed by atoms with E-state index in [1.165, 1.54) is 4.31 Å². The summed E-state index contributed by atoms with van der Waals surface area (Å²) in [4.78, 5) is 11.5. The van der Waals surface area contributed by atoms with Gasteiger partial charge in [0.2, 0.25) is 10.0 Å². The van der Waals surface area contributed by atoms with Crippen LogP contribution in [0.25, 0.3) is 0 Å². The quantitative estimate of drug-likeness (QED) is 0.813. The first-order chi connectivity index (χ1) is 10.9. The smallest absolute Gasteiger partial charge is 0.339 e. The molecule has 6 nitrogen and oxygen atoms in total. The van der Waals surface area contributed by atoms with Crippen LogP contribution in [0.5, 0.6) is 0 Å². The van der Waals surface area contributed by atoms with Gasteiger partial charge in [-0.15, -0.1) is 0 Å². The number of rotatable bonds is 5. The molecule has 23 heavy (non-hydrogen) atoms. The molecule has 0 radical (unpaired) electrons. The monoisotopic (exact) mass is 344 g/mol. The first kappa shape index (κ1) is 17.8. The van der Waals surface area contributed by atoms with Crippen molar-refractivity contribution in [2.75, 3.05) is 33.8 Å². The number of sulfonamides is 1. The van der Waals surface area contributed by atoms with Crippen LogP contribution in [-0.4, -0.2) is 52.5 Å². The Morgan fingerprint density at radius 1 is 1.48 bits per heavy atom. The average molecular weight is 344 g/mol. The molecule has 0 amide bonds. The van der Waals surface area contributed by atoms with Crippen LogP contribution in [0.4, 0.5) is 4.39 Å². The lowest BCUT2D eigenvalue weighted by Gasteiger charge is -2.32. The first-order valence-electron chi connectivity index (χ1n) is 7.42. The Hall–Kier alpha value is -1.51. The highest BCUT2D eigenvalue weighted by atomic mass is 32.2. The molecule has 1 aliphatic rings. The Morgan fingerprint density at radius 2 is 2.22 bits per heavy atom. The number of halogens is 1. The second-order valence-electron chi connectivity index (χ2n) is 5.56. The standard InChI is InChI=1S/C15H21FN2O4S/c1-17-9-11-4-3-7-18(10-11)23(20,21)14-8-12(16)5-6-13(14)15(19)22-2/h5-6,8,11,17H,3-4,7,9-10H2,1-2H3. The van der Waals surface area contributed by atoms with Crippen molar-refractivity contribution < 1.29 is 22.3 Å². The zero-order chi connectivity index (χ0) is 17.0. The van der Waals surface area contributed by atoms with Crippen molar-refractivity contribution in [1.82, 2.24) is 9.62 Å². The fourth-order valence-electron chi connectivity index (χ4n) is 2.83. The number of piperidine rings is 1. The van der Waals surface area contributed by atoms with Gasteiger partial charge in [0.05, 0.1) is 17.6 Å². The predicted octanol–water partition coefficient (Wildman–Crippen LogP) is 1.23. The Kier molecular flexibility index (Phi) is 5.72. The van der Waals surface area contributed by atoms with Gasteiger partial charge in [0.25, 0.3) is 0 Å². The number of nitrogens with one attached hydrogen (secondary N) is 1. The zero-order valence-corrected chi connectivity index (χ0v) is 14.0. The molecule has 128 valence electrons. The fraction of sp³-hybridized carbons (Fsp3) is 0.533. The molecular formula is C15H21FN2O4S. The van der Waals surface area contributed by atoms with Crippen molar-refractivity contribution in [2.24, 2.45) is 5.92 Å². The molecule has 0 saturated carbocycles. The lowest BCUT2D eigenvalue weighted by atomic mass is 10.00. The maximum absolute atomic E-state index is 13.6. The second-order valence-corrected chi connectivity index (χ2v) is 7.47. The van der Waals surface area contributed by atoms with Gasteiger partial charge < -0.3 is 10.1 Å². The molecule has 1 N–H and O–H groups in total. The molecule has 1 aliphatic heterocycles. The van der Waals surface area contributed by atoms with Gasteiger partial charge in [-0.05, 0) is 50.6 Å². The van der Waals surface area contributed by atoms with E-state index in [2.05, 4.69) is 10.1 Å². The summed E-state index contributed by atoms with van der Waals surface area (Å²) in [6, 6.07) is 3.07. The molecule has 1 unspecified atom stereocenters. The van der Waals surface area contributed by atoms with Gasteiger partial charge in [-0.25, -0.2) is 17.6 Å². The summed E-state index contributed by atoms with van der Waals surface area (Å²) in [5.74, 6) is -1.31. The Bertz CT molecular complexity index is 676. The van der Waals surface area contributed by atoms with E-state index in [0.717, 1.165) is 38.2 Å². The largest absolute Gasteiger partial charge is 0.465 e. The van der Waals surface area contributed by atoms with E-state index < -0.39 is 21.8 Å². The van der Waals surface area contributed by atoms with Crippen LogP contribution in [0.15, 0.2) is 23.1 Å². The first-order valence-corrected chi connectivity index (χ1v) is 8.86. The van der Waals surface area contributed by atoms with Crippen LogP contribution in [-0.2, 0) is 14.8 Å². The summed E-state index contributed by atoms with van der Waals surface area (Å²) in [6.07, 6.45) is 1.66. The molecule has 1 atom stereocenters. The minimum Gasteiger partial charge on any atom is -0.465 e. The molecule has 1 fully saturated rings. The van der Waals surface area contributed by atoms with Gasteiger partial charge in [0.1, 0.15) is 5.82 Å². The number of benzene rings is 1. The number of carbonyl (C=O) groups excluding carboxylic acids is 1. The molecule has 1 heterocycles. The number of hydrogen-bond acceptors (Lipinski definition) is 5. The van der Waals surface area contributed by atoms with E-state index in [1.54, 1.807) is 0 Å². The summed E-state index contributed by atoms with van der Waals surface area (Å²) >= 11 is 0. The summed E-state index contributed by atoms with van der Waals surface area (Å²) in [5, 5.41) is 3.04. The fourth-order valence-corrected chi connectivity index (χ4v) is 4.57. The van der Waals surface area contributed by atoms with Crippen LogP contribution < -0.4 is 5.32 Å². The Morgan fingerprint density at radius 3 is 2.87 bits per heavy atom. The van der Waals surface area contributed by atoms with Crippen molar-refractivity contribution in [3.8, 4) is 0 Å². The molecule has 0 aliphatic carbocycles. The van der Waals surface area contributed by atoms with Crippen LogP contribution in [0.2, 0.25) is 0 Å². The normalized spacial score (nSPS) is 19.5. The van der Waals surface area contributed by atoms with Gasteiger partial charge in [-0.1, -0.05) is 0 Å². The van der Waals surface area contributed by atoms with Gasteiger partial charge in [0, 0.05) is 13.1 Å². The number of esters is 1.